The zero-order valence-corrected chi connectivity index (χ0v) is 15.1. The average molecular weight is 383 g/mol. The summed E-state index contributed by atoms with van der Waals surface area (Å²) < 4.78 is 0. The number of fused-ring (bicyclic) bond motifs is 1. The number of imide groups is 1. The standard InChI is InChI=1S/C18H13N3O3S2/c22-15(20-18-19-13(10-26-18)14-6-3-9-25-14)7-8-21-16(23)11-4-1-2-5-12(11)17(21)24/h1-6,9-10H,7-8H2,(H,19,20,22). The van der Waals surface area contributed by atoms with Gasteiger partial charge in [0.15, 0.2) is 5.13 Å². The van der Waals surface area contributed by atoms with Gasteiger partial charge in [-0.2, -0.15) is 0 Å². The van der Waals surface area contributed by atoms with Crippen molar-refractivity contribution in [1.29, 1.82) is 0 Å². The van der Waals surface area contributed by atoms with Gasteiger partial charge in [-0.15, -0.1) is 22.7 Å². The fraction of sp³-hybridized carbons (Fsp3) is 0.111. The molecule has 0 aliphatic carbocycles. The third-order valence-electron chi connectivity index (χ3n) is 3.96. The Kier molecular flexibility index (Phi) is 4.36. The van der Waals surface area contributed by atoms with E-state index in [9.17, 15) is 14.4 Å². The Bertz CT molecular complexity index is 960. The number of rotatable bonds is 5. The minimum absolute atomic E-state index is 0.0272. The number of thiazole rings is 1. The van der Waals surface area contributed by atoms with Crippen molar-refractivity contribution >= 4 is 45.5 Å². The summed E-state index contributed by atoms with van der Waals surface area (Å²) in [5, 5.41) is 7.07. The molecule has 3 heterocycles. The number of aromatic nitrogens is 1. The molecule has 26 heavy (non-hydrogen) atoms. The predicted molar refractivity (Wildman–Crippen MR) is 100 cm³/mol. The maximum atomic E-state index is 12.3. The molecule has 0 saturated carbocycles. The van der Waals surface area contributed by atoms with Crippen molar-refractivity contribution in [3.8, 4) is 10.6 Å². The summed E-state index contributed by atoms with van der Waals surface area (Å²) in [5.41, 5.74) is 1.59. The van der Waals surface area contributed by atoms with Gasteiger partial charge >= 0.3 is 0 Å². The van der Waals surface area contributed by atoms with Crippen LogP contribution in [0.4, 0.5) is 5.13 Å². The van der Waals surface area contributed by atoms with E-state index in [1.807, 2.05) is 22.9 Å². The molecule has 1 aromatic carbocycles. The van der Waals surface area contributed by atoms with Gasteiger partial charge in [0.05, 0.1) is 21.7 Å². The largest absolute Gasteiger partial charge is 0.302 e. The van der Waals surface area contributed by atoms with Gasteiger partial charge in [0.25, 0.3) is 11.8 Å². The summed E-state index contributed by atoms with van der Waals surface area (Å²) in [4.78, 5) is 43.2. The van der Waals surface area contributed by atoms with Gasteiger partial charge in [-0.3, -0.25) is 19.3 Å². The molecule has 0 saturated heterocycles. The lowest BCUT2D eigenvalue weighted by molar-refractivity contribution is -0.116. The lowest BCUT2D eigenvalue weighted by Gasteiger charge is -2.12. The van der Waals surface area contributed by atoms with Gasteiger partial charge in [0.1, 0.15) is 0 Å². The number of carbonyl (C=O) groups is 3. The van der Waals surface area contributed by atoms with E-state index in [1.54, 1.807) is 35.6 Å². The van der Waals surface area contributed by atoms with Crippen LogP contribution >= 0.6 is 22.7 Å². The van der Waals surface area contributed by atoms with Crippen LogP contribution in [0.15, 0.2) is 47.2 Å². The van der Waals surface area contributed by atoms with Gasteiger partial charge in [-0.05, 0) is 23.6 Å². The van der Waals surface area contributed by atoms with Gasteiger partial charge in [-0.1, -0.05) is 18.2 Å². The Hall–Kier alpha value is -2.84. The molecular weight excluding hydrogens is 370 g/mol. The lowest BCUT2D eigenvalue weighted by atomic mass is 10.1. The molecule has 3 aromatic rings. The molecular formula is C18H13N3O3S2. The van der Waals surface area contributed by atoms with E-state index >= 15 is 0 Å². The molecule has 4 rings (SSSR count). The highest BCUT2D eigenvalue weighted by molar-refractivity contribution is 7.16. The van der Waals surface area contributed by atoms with Crippen LogP contribution in [-0.2, 0) is 4.79 Å². The van der Waals surface area contributed by atoms with E-state index in [4.69, 9.17) is 0 Å². The Morgan fingerprint density at radius 3 is 2.42 bits per heavy atom. The highest BCUT2D eigenvalue weighted by Crippen LogP contribution is 2.28. The Morgan fingerprint density at radius 2 is 1.77 bits per heavy atom. The zero-order chi connectivity index (χ0) is 18.1. The first-order valence-electron chi connectivity index (χ1n) is 7.88. The number of nitrogens with zero attached hydrogens (tertiary/aromatic N) is 2. The smallest absolute Gasteiger partial charge is 0.261 e. The van der Waals surface area contributed by atoms with Gasteiger partial charge < -0.3 is 5.32 Å². The first-order valence-corrected chi connectivity index (χ1v) is 9.64. The normalized spacial score (nSPS) is 13.2. The maximum Gasteiger partial charge on any atom is 0.261 e. The third kappa shape index (κ3) is 3.04. The van der Waals surface area contributed by atoms with Crippen molar-refractivity contribution in [2.24, 2.45) is 0 Å². The van der Waals surface area contributed by atoms with Gasteiger partial charge in [-0.25, -0.2) is 4.98 Å². The summed E-state index contributed by atoms with van der Waals surface area (Å²) in [6.07, 6.45) is 0.0272. The second-order valence-corrected chi connectivity index (χ2v) is 7.43. The molecule has 130 valence electrons. The van der Waals surface area contributed by atoms with Crippen LogP contribution in [0.1, 0.15) is 27.1 Å². The molecule has 0 bridgehead atoms. The molecule has 0 atom stereocenters. The molecule has 0 radical (unpaired) electrons. The van der Waals surface area contributed by atoms with E-state index < -0.39 is 0 Å². The number of hydrogen-bond donors (Lipinski definition) is 1. The van der Waals surface area contributed by atoms with Crippen molar-refractivity contribution in [1.82, 2.24) is 9.88 Å². The molecule has 2 aromatic heterocycles. The number of nitrogens with one attached hydrogen (secondary N) is 1. The lowest BCUT2D eigenvalue weighted by Crippen LogP contribution is -2.32. The van der Waals surface area contributed by atoms with Crippen molar-refractivity contribution in [3.05, 3.63) is 58.3 Å². The van der Waals surface area contributed by atoms with Gasteiger partial charge in [0.2, 0.25) is 5.91 Å². The Morgan fingerprint density at radius 1 is 1.04 bits per heavy atom. The molecule has 1 aliphatic heterocycles. The van der Waals surface area contributed by atoms with E-state index in [2.05, 4.69) is 10.3 Å². The second-order valence-electron chi connectivity index (χ2n) is 5.62. The molecule has 1 N–H and O–H groups in total. The topological polar surface area (TPSA) is 79.4 Å². The van der Waals surface area contributed by atoms with Crippen molar-refractivity contribution in [3.63, 3.8) is 0 Å². The number of benzene rings is 1. The number of anilines is 1. The van der Waals surface area contributed by atoms with Crippen LogP contribution in [0.25, 0.3) is 10.6 Å². The van der Waals surface area contributed by atoms with E-state index in [0.717, 1.165) is 15.5 Å². The monoisotopic (exact) mass is 383 g/mol. The number of hydrogen-bond acceptors (Lipinski definition) is 6. The zero-order valence-electron chi connectivity index (χ0n) is 13.5. The summed E-state index contributed by atoms with van der Waals surface area (Å²) in [7, 11) is 0. The fourth-order valence-electron chi connectivity index (χ4n) is 2.71. The van der Waals surface area contributed by atoms with Crippen molar-refractivity contribution in [2.75, 3.05) is 11.9 Å². The Balaban J connectivity index is 1.36. The molecule has 1 aliphatic rings. The van der Waals surface area contributed by atoms with E-state index in [0.29, 0.717) is 16.3 Å². The minimum atomic E-state index is -0.354. The number of carbonyl (C=O) groups excluding carboxylic acids is 3. The summed E-state index contributed by atoms with van der Waals surface area (Å²) in [5.74, 6) is -0.992. The van der Waals surface area contributed by atoms with E-state index in [-0.39, 0.29) is 30.7 Å². The second kappa shape index (κ2) is 6.81. The van der Waals surface area contributed by atoms with Crippen molar-refractivity contribution < 1.29 is 14.4 Å². The first-order chi connectivity index (χ1) is 12.6. The molecule has 3 amide bonds. The minimum Gasteiger partial charge on any atom is -0.302 e. The summed E-state index contributed by atoms with van der Waals surface area (Å²) in [6.45, 7) is 0.0430. The SMILES string of the molecule is O=C(CCN1C(=O)c2ccccc2C1=O)Nc1nc(-c2cccs2)cs1. The quantitative estimate of drug-likeness (QED) is 0.684. The van der Waals surface area contributed by atoms with Crippen LogP contribution in [0.3, 0.4) is 0 Å². The maximum absolute atomic E-state index is 12.3. The van der Waals surface area contributed by atoms with Crippen LogP contribution in [0, 0.1) is 0 Å². The van der Waals surface area contributed by atoms with Crippen LogP contribution in [-0.4, -0.2) is 34.2 Å². The number of thiophene rings is 1. The molecule has 6 nitrogen and oxygen atoms in total. The van der Waals surface area contributed by atoms with Crippen LogP contribution < -0.4 is 5.32 Å². The van der Waals surface area contributed by atoms with Gasteiger partial charge in [0, 0.05) is 18.3 Å². The summed E-state index contributed by atoms with van der Waals surface area (Å²) in [6, 6.07) is 10.6. The summed E-state index contributed by atoms with van der Waals surface area (Å²) >= 11 is 2.92. The Labute approximate surface area is 157 Å². The van der Waals surface area contributed by atoms with Crippen LogP contribution in [0.5, 0.6) is 0 Å². The molecule has 0 fully saturated rings. The first kappa shape index (κ1) is 16.6. The average Bonchev–Trinajstić information content (AvgIpc) is 3.36. The van der Waals surface area contributed by atoms with Crippen LogP contribution in [0.2, 0.25) is 0 Å². The highest BCUT2D eigenvalue weighted by Gasteiger charge is 2.34. The molecule has 8 heteroatoms. The molecule has 0 spiro atoms. The number of amides is 3. The fourth-order valence-corrected chi connectivity index (χ4v) is 4.19. The van der Waals surface area contributed by atoms with E-state index in [1.165, 1.54) is 11.3 Å². The van der Waals surface area contributed by atoms with Crippen molar-refractivity contribution in [2.45, 2.75) is 6.42 Å². The highest BCUT2D eigenvalue weighted by atomic mass is 32.1. The third-order valence-corrected chi connectivity index (χ3v) is 5.61. The predicted octanol–water partition coefficient (Wildman–Crippen LogP) is 3.50. The molecule has 0 unspecified atom stereocenters.